The van der Waals surface area contributed by atoms with Crippen LogP contribution in [-0.2, 0) is 16.1 Å². The molecule has 0 saturated carbocycles. The second kappa shape index (κ2) is 9.39. The lowest BCUT2D eigenvalue weighted by atomic mass is 10.1. The van der Waals surface area contributed by atoms with Gasteiger partial charge in [0.2, 0.25) is 0 Å². The van der Waals surface area contributed by atoms with Gasteiger partial charge >= 0.3 is 12.1 Å². The molecule has 7 nitrogen and oxygen atoms in total. The Kier molecular flexibility index (Phi) is 6.36. The van der Waals surface area contributed by atoms with Crippen LogP contribution in [0.1, 0.15) is 42.4 Å². The van der Waals surface area contributed by atoms with Crippen molar-refractivity contribution in [2.45, 2.75) is 39.9 Å². The van der Waals surface area contributed by atoms with Gasteiger partial charge in [0, 0.05) is 11.6 Å². The highest BCUT2D eigenvalue weighted by Gasteiger charge is 2.24. The zero-order chi connectivity index (χ0) is 24.3. The minimum absolute atomic E-state index is 0.144. The Bertz CT molecular complexity index is 1340. The summed E-state index contributed by atoms with van der Waals surface area (Å²) < 4.78 is 12.8. The number of carbonyl (C=O) groups excluding carboxylic acids is 2. The molecule has 7 heteroatoms. The van der Waals surface area contributed by atoms with Crippen molar-refractivity contribution in [2.75, 3.05) is 5.32 Å². The molecule has 34 heavy (non-hydrogen) atoms. The zero-order valence-corrected chi connectivity index (χ0v) is 19.7. The lowest BCUT2D eigenvalue weighted by Gasteiger charge is -2.22. The highest BCUT2D eigenvalue weighted by Crippen LogP contribution is 2.31. The van der Waals surface area contributed by atoms with Crippen LogP contribution in [0.15, 0.2) is 72.9 Å². The number of aromatic nitrogens is 2. The normalized spacial score (nSPS) is 11.3. The number of hydrogen-bond donors (Lipinski definition) is 1. The van der Waals surface area contributed by atoms with Crippen molar-refractivity contribution in [3.63, 3.8) is 0 Å². The van der Waals surface area contributed by atoms with Gasteiger partial charge in [-0.2, -0.15) is 0 Å². The predicted molar refractivity (Wildman–Crippen MR) is 131 cm³/mol. The van der Waals surface area contributed by atoms with E-state index < -0.39 is 17.7 Å². The van der Waals surface area contributed by atoms with E-state index in [4.69, 9.17) is 9.47 Å². The molecule has 0 fully saturated rings. The summed E-state index contributed by atoms with van der Waals surface area (Å²) in [4.78, 5) is 30.3. The third-order valence-corrected chi connectivity index (χ3v) is 5.08. The Morgan fingerprint density at radius 3 is 2.50 bits per heavy atom. The standard InChI is InChI=1S/C27H27N3O4/c1-18-10-8-14-21(29-26(32)34-27(2,3)4)23(18)30-22(16-20-13-9-15-28-24(20)30)25(31)33-17-19-11-6-5-7-12-19/h5-16H,17H2,1-4H3,(H,29,32). The molecule has 0 saturated heterocycles. The summed E-state index contributed by atoms with van der Waals surface area (Å²) in [7, 11) is 0. The van der Waals surface area contributed by atoms with Gasteiger partial charge in [-0.1, -0.05) is 42.5 Å². The van der Waals surface area contributed by atoms with E-state index in [9.17, 15) is 9.59 Å². The molecule has 1 N–H and O–H groups in total. The van der Waals surface area contributed by atoms with Gasteiger partial charge in [0.25, 0.3) is 0 Å². The summed E-state index contributed by atoms with van der Waals surface area (Å²) in [6.45, 7) is 7.45. The van der Waals surface area contributed by atoms with E-state index in [0.29, 0.717) is 22.7 Å². The highest BCUT2D eigenvalue weighted by atomic mass is 16.6. The highest BCUT2D eigenvalue weighted by molar-refractivity contribution is 5.98. The number of nitrogens with one attached hydrogen (secondary N) is 1. The van der Waals surface area contributed by atoms with Crippen molar-refractivity contribution >= 4 is 28.8 Å². The van der Waals surface area contributed by atoms with Crippen molar-refractivity contribution in [3.05, 3.63) is 89.7 Å². The topological polar surface area (TPSA) is 82.5 Å². The largest absolute Gasteiger partial charge is 0.456 e. The number of pyridine rings is 1. The van der Waals surface area contributed by atoms with Crippen LogP contribution in [-0.4, -0.2) is 27.2 Å². The fourth-order valence-electron chi connectivity index (χ4n) is 3.68. The van der Waals surface area contributed by atoms with Crippen LogP contribution in [0.5, 0.6) is 0 Å². The van der Waals surface area contributed by atoms with E-state index in [2.05, 4.69) is 10.3 Å². The Morgan fingerprint density at radius 1 is 1.00 bits per heavy atom. The van der Waals surface area contributed by atoms with Gasteiger partial charge in [-0.15, -0.1) is 0 Å². The van der Waals surface area contributed by atoms with E-state index in [1.54, 1.807) is 43.7 Å². The molecule has 0 spiro atoms. The van der Waals surface area contributed by atoms with E-state index in [-0.39, 0.29) is 6.61 Å². The average molecular weight is 458 g/mol. The smallest absolute Gasteiger partial charge is 0.412 e. The first kappa shape index (κ1) is 23.0. The number of fused-ring (bicyclic) bond motifs is 1. The maximum atomic E-state index is 13.2. The molecule has 2 aromatic carbocycles. The maximum absolute atomic E-state index is 13.2. The number of amides is 1. The first-order valence-corrected chi connectivity index (χ1v) is 11.0. The Labute approximate surface area is 198 Å². The van der Waals surface area contributed by atoms with Crippen molar-refractivity contribution in [1.82, 2.24) is 9.55 Å². The SMILES string of the molecule is Cc1cccc(NC(=O)OC(C)(C)C)c1-n1c(C(=O)OCc2ccccc2)cc2cccnc21. The molecule has 0 bridgehead atoms. The van der Waals surface area contributed by atoms with Gasteiger partial charge < -0.3 is 9.47 Å². The number of benzene rings is 2. The molecule has 4 rings (SSSR count). The lowest BCUT2D eigenvalue weighted by Crippen LogP contribution is -2.27. The first-order valence-electron chi connectivity index (χ1n) is 11.0. The van der Waals surface area contributed by atoms with E-state index in [1.165, 1.54) is 0 Å². The Balaban J connectivity index is 1.77. The fourth-order valence-corrected chi connectivity index (χ4v) is 3.68. The molecule has 4 aromatic rings. The second-order valence-electron chi connectivity index (χ2n) is 8.94. The van der Waals surface area contributed by atoms with E-state index >= 15 is 0 Å². The van der Waals surface area contributed by atoms with Crippen LogP contribution >= 0.6 is 0 Å². The van der Waals surface area contributed by atoms with Crippen LogP contribution in [0.25, 0.3) is 16.7 Å². The molecule has 2 aromatic heterocycles. The number of aryl methyl sites for hydroxylation is 1. The summed E-state index contributed by atoms with van der Waals surface area (Å²) in [5, 5.41) is 3.60. The molecule has 0 unspecified atom stereocenters. The number of hydrogen-bond acceptors (Lipinski definition) is 5. The van der Waals surface area contributed by atoms with Gasteiger partial charge in [-0.25, -0.2) is 14.6 Å². The Hall–Kier alpha value is -4.13. The van der Waals surface area contributed by atoms with Gasteiger partial charge in [0.15, 0.2) is 0 Å². The van der Waals surface area contributed by atoms with Gasteiger partial charge in [-0.3, -0.25) is 9.88 Å². The number of carbonyl (C=O) groups is 2. The summed E-state index contributed by atoms with van der Waals surface area (Å²) in [5.74, 6) is -0.492. The van der Waals surface area contributed by atoms with Gasteiger partial charge in [-0.05, 0) is 63.1 Å². The molecular formula is C27H27N3O4. The molecule has 0 atom stereocenters. The monoisotopic (exact) mass is 457 g/mol. The molecule has 1 amide bonds. The number of nitrogens with zero attached hydrogens (tertiary/aromatic N) is 2. The third-order valence-electron chi connectivity index (χ3n) is 5.08. The van der Waals surface area contributed by atoms with E-state index in [0.717, 1.165) is 16.5 Å². The summed E-state index contributed by atoms with van der Waals surface area (Å²) in [6.07, 6.45) is 1.08. The fraction of sp³-hybridized carbons (Fsp3) is 0.222. The predicted octanol–water partition coefficient (Wildman–Crippen LogP) is 6.04. The molecule has 174 valence electrons. The first-order chi connectivity index (χ1) is 16.2. The molecular weight excluding hydrogens is 430 g/mol. The number of anilines is 1. The quantitative estimate of drug-likeness (QED) is 0.370. The number of para-hydroxylation sites is 1. The van der Waals surface area contributed by atoms with Crippen molar-refractivity contribution in [2.24, 2.45) is 0 Å². The van der Waals surface area contributed by atoms with Crippen LogP contribution < -0.4 is 5.32 Å². The van der Waals surface area contributed by atoms with Gasteiger partial charge in [0.05, 0.1) is 11.4 Å². The van der Waals surface area contributed by atoms with Crippen molar-refractivity contribution < 1.29 is 19.1 Å². The summed E-state index contributed by atoms with van der Waals surface area (Å²) in [5.41, 5.74) is 3.08. The summed E-state index contributed by atoms with van der Waals surface area (Å²) >= 11 is 0. The number of rotatable bonds is 5. The molecule has 0 aliphatic carbocycles. The number of esters is 1. The van der Waals surface area contributed by atoms with Crippen LogP contribution in [0.2, 0.25) is 0 Å². The minimum Gasteiger partial charge on any atom is -0.456 e. The lowest BCUT2D eigenvalue weighted by molar-refractivity contribution is 0.0463. The zero-order valence-electron chi connectivity index (χ0n) is 19.7. The minimum atomic E-state index is -0.651. The number of ether oxygens (including phenoxy) is 2. The molecule has 0 aliphatic rings. The van der Waals surface area contributed by atoms with E-state index in [1.807, 2.05) is 61.5 Å². The molecule has 0 radical (unpaired) electrons. The van der Waals surface area contributed by atoms with Crippen molar-refractivity contribution in [1.29, 1.82) is 0 Å². The third kappa shape index (κ3) is 5.09. The average Bonchev–Trinajstić information content (AvgIpc) is 3.16. The summed E-state index contributed by atoms with van der Waals surface area (Å²) in [6, 6.07) is 20.4. The van der Waals surface area contributed by atoms with Gasteiger partial charge in [0.1, 0.15) is 23.5 Å². The second-order valence-corrected chi connectivity index (χ2v) is 8.94. The Morgan fingerprint density at radius 2 is 1.76 bits per heavy atom. The van der Waals surface area contributed by atoms with Crippen molar-refractivity contribution in [3.8, 4) is 5.69 Å². The van der Waals surface area contributed by atoms with Crippen LogP contribution in [0.4, 0.5) is 10.5 Å². The molecule has 2 heterocycles. The molecule has 0 aliphatic heterocycles. The maximum Gasteiger partial charge on any atom is 0.412 e. The van der Waals surface area contributed by atoms with Crippen LogP contribution in [0.3, 0.4) is 0 Å². The van der Waals surface area contributed by atoms with Crippen LogP contribution in [0, 0.1) is 6.92 Å².